The van der Waals surface area contributed by atoms with Crippen LogP contribution in [0.1, 0.15) is 31.7 Å². The van der Waals surface area contributed by atoms with Crippen LogP contribution in [0.15, 0.2) is 24.3 Å². The second kappa shape index (κ2) is 6.54. The first-order valence-electron chi connectivity index (χ1n) is 7.36. The molecule has 2 N–H and O–H groups in total. The molecule has 0 amide bonds. The molecule has 1 fully saturated rings. The van der Waals surface area contributed by atoms with Crippen molar-refractivity contribution in [3.63, 3.8) is 0 Å². The summed E-state index contributed by atoms with van der Waals surface area (Å²) in [6.45, 7) is 3.34. The van der Waals surface area contributed by atoms with Crippen molar-refractivity contribution in [1.82, 2.24) is 4.90 Å². The highest BCUT2D eigenvalue weighted by Gasteiger charge is 2.48. The molecule has 21 heavy (non-hydrogen) atoms. The van der Waals surface area contributed by atoms with E-state index < -0.39 is 17.5 Å². The third-order valence-corrected chi connectivity index (χ3v) is 4.28. The van der Waals surface area contributed by atoms with Crippen LogP contribution in [0.3, 0.4) is 0 Å². The molecule has 1 aromatic rings. The van der Waals surface area contributed by atoms with Gasteiger partial charge in [0.15, 0.2) is 0 Å². The highest BCUT2D eigenvalue weighted by molar-refractivity contribution is 5.76. The smallest absolute Gasteiger partial charge is 0.313 e. The van der Waals surface area contributed by atoms with Gasteiger partial charge in [-0.1, -0.05) is 25.5 Å². The maximum atomic E-state index is 13.2. The molecule has 0 radical (unpaired) electrons. The van der Waals surface area contributed by atoms with E-state index in [9.17, 15) is 19.4 Å². The minimum atomic E-state index is -1.11. The normalized spacial score (nSPS) is 26.7. The Labute approximate surface area is 124 Å². The Kier molecular flexibility index (Phi) is 4.96. The van der Waals surface area contributed by atoms with Crippen molar-refractivity contribution in [3.05, 3.63) is 35.6 Å². The Balaban J connectivity index is 2.14. The van der Waals surface area contributed by atoms with E-state index in [0.717, 1.165) is 5.56 Å². The third kappa shape index (κ3) is 3.41. The number of hydrogen-bond donors (Lipinski definition) is 2. The number of benzene rings is 1. The summed E-state index contributed by atoms with van der Waals surface area (Å²) in [6.07, 6.45) is 0.765. The zero-order valence-electron chi connectivity index (χ0n) is 12.3. The van der Waals surface area contributed by atoms with Gasteiger partial charge in [-0.2, -0.15) is 0 Å². The number of nitrogens with zero attached hydrogens (tertiary/aromatic N) is 1. The molecule has 1 aliphatic heterocycles. The Morgan fingerprint density at radius 2 is 2.29 bits per heavy atom. The lowest BCUT2D eigenvalue weighted by Gasteiger charge is -2.43. The first kappa shape index (κ1) is 15.9. The summed E-state index contributed by atoms with van der Waals surface area (Å²) >= 11 is 0. The molecule has 2 rings (SSSR count). The molecule has 1 aliphatic rings. The van der Waals surface area contributed by atoms with Crippen LogP contribution in [-0.2, 0) is 11.3 Å². The number of piperidine rings is 1. The van der Waals surface area contributed by atoms with Crippen LogP contribution in [0, 0.1) is 11.2 Å². The molecule has 0 bridgehead atoms. The van der Waals surface area contributed by atoms with Gasteiger partial charge in [-0.05, 0) is 30.5 Å². The summed E-state index contributed by atoms with van der Waals surface area (Å²) in [7, 11) is 0. The SMILES string of the molecule is CCC[C@@]1(C(=O)O)CN(Cc2cccc(F)c2)CC[C@H]1O. The average molecular weight is 295 g/mol. The highest BCUT2D eigenvalue weighted by Crippen LogP contribution is 2.36. The Morgan fingerprint density at radius 3 is 2.90 bits per heavy atom. The predicted octanol–water partition coefficient (Wildman–Crippen LogP) is 2.26. The number of carbonyl (C=O) groups is 1. The van der Waals surface area contributed by atoms with E-state index in [1.165, 1.54) is 12.1 Å². The fourth-order valence-corrected chi connectivity index (χ4v) is 3.20. The van der Waals surface area contributed by atoms with E-state index >= 15 is 0 Å². The molecule has 0 unspecified atom stereocenters. The number of aliphatic carboxylic acids is 1. The van der Waals surface area contributed by atoms with Gasteiger partial charge in [0.25, 0.3) is 0 Å². The fourth-order valence-electron chi connectivity index (χ4n) is 3.20. The zero-order valence-corrected chi connectivity index (χ0v) is 12.3. The number of carboxylic acids is 1. The van der Waals surface area contributed by atoms with Gasteiger partial charge in [-0.15, -0.1) is 0 Å². The molecule has 0 aromatic heterocycles. The van der Waals surface area contributed by atoms with E-state index in [1.807, 2.05) is 17.9 Å². The van der Waals surface area contributed by atoms with Crippen LogP contribution in [0.5, 0.6) is 0 Å². The molecule has 0 spiro atoms. The number of halogens is 1. The fraction of sp³-hybridized carbons (Fsp3) is 0.562. The van der Waals surface area contributed by atoms with Crippen LogP contribution in [-0.4, -0.2) is 40.3 Å². The van der Waals surface area contributed by atoms with Crippen LogP contribution in [0.2, 0.25) is 0 Å². The van der Waals surface area contributed by atoms with Crippen molar-refractivity contribution in [2.75, 3.05) is 13.1 Å². The van der Waals surface area contributed by atoms with Crippen molar-refractivity contribution in [2.24, 2.45) is 5.41 Å². The summed E-state index contributed by atoms with van der Waals surface area (Å²) in [5, 5.41) is 19.8. The minimum absolute atomic E-state index is 0.289. The van der Waals surface area contributed by atoms with E-state index in [0.29, 0.717) is 38.9 Å². The first-order valence-corrected chi connectivity index (χ1v) is 7.36. The Morgan fingerprint density at radius 1 is 1.52 bits per heavy atom. The van der Waals surface area contributed by atoms with Gasteiger partial charge in [-0.3, -0.25) is 9.69 Å². The van der Waals surface area contributed by atoms with Crippen molar-refractivity contribution in [1.29, 1.82) is 0 Å². The maximum Gasteiger partial charge on any atom is 0.313 e. The number of aliphatic hydroxyl groups is 1. The number of likely N-dealkylation sites (tertiary alicyclic amines) is 1. The van der Waals surface area contributed by atoms with Crippen LogP contribution < -0.4 is 0 Å². The standard InChI is InChI=1S/C16H22FNO3/c1-2-7-16(15(20)21)11-18(8-6-14(16)19)10-12-4-3-5-13(17)9-12/h3-5,9,14,19H,2,6-8,10-11H2,1H3,(H,20,21)/t14-,16-/m1/s1. The van der Waals surface area contributed by atoms with Gasteiger partial charge in [-0.25, -0.2) is 4.39 Å². The number of hydrogen-bond acceptors (Lipinski definition) is 3. The van der Waals surface area contributed by atoms with Gasteiger partial charge in [0.1, 0.15) is 11.2 Å². The molecule has 0 aliphatic carbocycles. The number of rotatable bonds is 5. The molecule has 4 nitrogen and oxygen atoms in total. The first-order chi connectivity index (χ1) is 9.98. The Bertz CT molecular complexity index is 508. The molecule has 1 heterocycles. The van der Waals surface area contributed by atoms with Crippen molar-refractivity contribution < 1.29 is 19.4 Å². The lowest BCUT2D eigenvalue weighted by Crippen LogP contribution is -2.55. The van der Waals surface area contributed by atoms with Gasteiger partial charge < -0.3 is 10.2 Å². The lowest BCUT2D eigenvalue weighted by molar-refractivity contribution is -0.164. The quantitative estimate of drug-likeness (QED) is 0.875. The Hall–Kier alpha value is -1.46. The summed E-state index contributed by atoms with van der Waals surface area (Å²) in [5.74, 6) is -1.23. The van der Waals surface area contributed by atoms with Gasteiger partial charge in [0.2, 0.25) is 0 Å². The minimum Gasteiger partial charge on any atom is -0.481 e. The summed E-state index contributed by atoms with van der Waals surface area (Å²) < 4.78 is 13.2. The second-order valence-corrected chi connectivity index (χ2v) is 5.86. The van der Waals surface area contributed by atoms with Crippen LogP contribution in [0.4, 0.5) is 4.39 Å². The predicted molar refractivity (Wildman–Crippen MR) is 77.3 cm³/mol. The van der Waals surface area contributed by atoms with Gasteiger partial charge in [0, 0.05) is 19.6 Å². The van der Waals surface area contributed by atoms with Crippen molar-refractivity contribution >= 4 is 5.97 Å². The maximum absolute atomic E-state index is 13.2. The summed E-state index contributed by atoms with van der Waals surface area (Å²) in [4.78, 5) is 13.7. The molecule has 2 atom stereocenters. The van der Waals surface area contributed by atoms with Crippen LogP contribution >= 0.6 is 0 Å². The van der Waals surface area contributed by atoms with Crippen LogP contribution in [0.25, 0.3) is 0 Å². The van der Waals surface area contributed by atoms with Gasteiger partial charge >= 0.3 is 5.97 Å². The highest BCUT2D eigenvalue weighted by atomic mass is 19.1. The van der Waals surface area contributed by atoms with E-state index in [1.54, 1.807) is 6.07 Å². The molecular weight excluding hydrogens is 273 g/mol. The molecule has 1 aromatic carbocycles. The molecule has 0 saturated carbocycles. The molecule has 1 saturated heterocycles. The third-order valence-electron chi connectivity index (χ3n) is 4.28. The topological polar surface area (TPSA) is 60.8 Å². The largest absolute Gasteiger partial charge is 0.481 e. The summed E-state index contributed by atoms with van der Waals surface area (Å²) in [6, 6.07) is 6.34. The zero-order chi connectivity index (χ0) is 15.5. The lowest BCUT2D eigenvalue weighted by atomic mass is 9.74. The molecule has 5 heteroatoms. The van der Waals surface area contributed by atoms with E-state index in [2.05, 4.69) is 0 Å². The van der Waals surface area contributed by atoms with E-state index in [-0.39, 0.29) is 5.82 Å². The number of carboxylic acid groups (broad SMARTS) is 1. The second-order valence-electron chi connectivity index (χ2n) is 5.86. The van der Waals surface area contributed by atoms with Crippen molar-refractivity contribution in [2.45, 2.75) is 38.8 Å². The monoisotopic (exact) mass is 295 g/mol. The number of aliphatic hydroxyl groups excluding tert-OH is 1. The average Bonchev–Trinajstić information content (AvgIpc) is 2.42. The van der Waals surface area contributed by atoms with E-state index in [4.69, 9.17) is 0 Å². The summed E-state index contributed by atoms with van der Waals surface area (Å²) in [5.41, 5.74) is -0.289. The molecular formula is C16H22FNO3. The van der Waals surface area contributed by atoms with Gasteiger partial charge in [0.05, 0.1) is 6.10 Å². The van der Waals surface area contributed by atoms with Crippen molar-refractivity contribution in [3.8, 4) is 0 Å². The molecule has 116 valence electrons.